The molecular weight excluding hydrogens is 620 g/mol. The molecule has 2 aliphatic heterocycles. The van der Waals surface area contributed by atoms with Gasteiger partial charge in [0.15, 0.2) is 0 Å². The fourth-order valence-electron chi connectivity index (χ4n) is 5.94. The van der Waals surface area contributed by atoms with Gasteiger partial charge in [-0.1, -0.05) is 55.8 Å². The fourth-order valence-corrected chi connectivity index (χ4v) is 6.11. The summed E-state index contributed by atoms with van der Waals surface area (Å²) >= 11 is 6.03. The summed E-state index contributed by atoms with van der Waals surface area (Å²) in [6, 6.07) is 19.2. The van der Waals surface area contributed by atoms with Gasteiger partial charge < -0.3 is 15.5 Å². The highest BCUT2D eigenvalue weighted by Crippen LogP contribution is 2.23. The molecule has 2 fully saturated rings. The molecule has 10 heteroatoms. The molecule has 2 heterocycles. The zero-order valence-electron chi connectivity index (χ0n) is 27.5. The standard InChI is InChI=1S/C24H27ClFN3O2.C13H19FN2/c1-3-22-16-28(15-18-4-9-21(26)10-5-18)12-13-29(22)24(31)11-7-19-6-8-20(25)14-23(19)27-17(2)30;1-2-13-10-16(8-7-15-13)9-11-3-5-12(14)6-4-11/h4-11,14,22H,3,12-13,15-16H2,1-2H3,(H,27,30);3-6,13,15H,2,7-10H2,1H3/b11-7+;/t22-;13-/m11/s1. The average molecular weight is 666 g/mol. The van der Waals surface area contributed by atoms with E-state index in [9.17, 15) is 18.4 Å². The van der Waals surface area contributed by atoms with Gasteiger partial charge in [-0.2, -0.15) is 0 Å². The highest BCUT2D eigenvalue weighted by atomic mass is 35.5. The van der Waals surface area contributed by atoms with E-state index in [0.29, 0.717) is 23.3 Å². The monoisotopic (exact) mass is 665 g/mol. The molecule has 0 aliphatic carbocycles. The van der Waals surface area contributed by atoms with Gasteiger partial charge in [-0.05, 0) is 72.0 Å². The minimum absolute atomic E-state index is 0.0583. The van der Waals surface area contributed by atoms with E-state index in [-0.39, 0.29) is 29.5 Å². The van der Waals surface area contributed by atoms with Crippen molar-refractivity contribution in [3.8, 4) is 0 Å². The quantitative estimate of drug-likeness (QED) is 0.253. The number of hydrogen-bond acceptors (Lipinski definition) is 5. The van der Waals surface area contributed by atoms with Crippen LogP contribution in [0.1, 0.15) is 50.3 Å². The largest absolute Gasteiger partial charge is 0.334 e. The summed E-state index contributed by atoms with van der Waals surface area (Å²) in [6.45, 7) is 12.7. The van der Waals surface area contributed by atoms with Crippen LogP contribution in [0.3, 0.4) is 0 Å². The second-order valence-electron chi connectivity index (χ2n) is 12.1. The van der Waals surface area contributed by atoms with Crippen molar-refractivity contribution in [2.24, 2.45) is 0 Å². The summed E-state index contributed by atoms with van der Waals surface area (Å²) in [5.74, 6) is -0.654. The van der Waals surface area contributed by atoms with Crippen LogP contribution < -0.4 is 10.6 Å². The van der Waals surface area contributed by atoms with Crippen molar-refractivity contribution in [2.75, 3.05) is 44.6 Å². The molecule has 0 radical (unpaired) electrons. The van der Waals surface area contributed by atoms with E-state index < -0.39 is 0 Å². The Hall–Kier alpha value is -3.63. The van der Waals surface area contributed by atoms with E-state index in [1.54, 1.807) is 42.5 Å². The van der Waals surface area contributed by atoms with Crippen molar-refractivity contribution in [1.29, 1.82) is 0 Å². The number of carbonyl (C=O) groups excluding carboxylic acids is 2. The van der Waals surface area contributed by atoms with Crippen LogP contribution in [0.15, 0.2) is 72.8 Å². The molecule has 252 valence electrons. The van der Waals surface area contributed by atoms with Crippen LogP contribution in [-0.2, 0) is 22.7 Å². The molecule has 3 aromatic rings. The Morgan fingerprint density at radius 3 is 2.06 bits per heavy atom. The smallest absolute Gasteiger partial charge is 0.246 e. The predicted octanol–water partition coefficient (Wildman–Crippen LogP) is 6.58. The van der Waals surface area contributed by atoms with E-state index in [1.165, 1.54) is 43.2 Å². The number of rotatable bonds is 9. The van der Waals surface area contributed by atoms with Crippen molar-refractivity contribution in [3.63, 3.8) is 0 Å². The minimum atomic E-state index is -0.236. The molecule has 2 N–H and O–H groups in total. The second-order valence-corrected chi connectivity index (χ2v) is 12.6. The average Bonchev–Trinajstić information content (AvgIpc) is 3.06. The minimum Gasteiger partial charge on any atom is -0.334 e. The molecule has 3 aromatic carbocycles. The molecule has 0 saturated carbocycles. The van der Waals surface area contributed by atoms with E-state index in [2.05, 4.69) is 34.3 Å². The number of benzene rings is 3. The number of anilines is 1. The normalized spacial score (nSPS) is 18.9. The Morgan fingerprint density at radius 1 is 0.872 bits per heavy atom. The van der Waals surface area contributed by atoms with Gasteiger partial charge in [0.05, 0.1) is 0 Å². The number of amides is 2. The van der Waals surface area contributed by atoms with E-state index in [1.807, 2.05) is 17.0 Å². The van der Waals surface area contributed by atoms with Gasteiger partial charge in [-0.3, -0.25) is 19.4 Å². The van der Waals surface area contributed by atoms with E-state index >= 15 is 0 Å². The van der Waals surface area contributed by atoms with Crippen LogP contribution >= 0.6 is 11.6 Å². The Labute approximate surface area is 282 Å². The van der Waals surface area contributed by atoms with Gasteiger partial charge in [0.1, 0.15) is 11.6 Å². The first kappa shape index (κ1) is 36.2. The van der Waals surface area contributed by atoms with Crippen molar-refractivity contribution in [2.45, 2.75) is 58.8 Å². The fraction of sp³-hybridized carbons (Fsp3) is 0.405. The van der Waals surface area contributed by atoms with Gasteiger partial charge in [0, 0.05) is 88.2 Å². The van der Waals surface area contributed by atoms with Gasteiger partial charge >= 0.3 is 0 Å². The summed E-state index contributed by atoms with van der Waals surface area (Å²) in [6.07, 6.45) is 5.27. The summed E-state index contributed by atoms with van der Waals surface area (Å²) in [5.41, 5.74) is 3.54. The zero-order valence-corrected chi connectivity index (χ0v) is 28.3. The van der Waals surface area contributed by atoms with Crippen LogP contribution in [0.25, 0.3) is 6.08 Å². The molecule has 2 aliphatic rings. The molecule has 0 spiro atoms. The van der Waals surface area contributed by atoms with Crippen LogP contribution in [-0.4, -0.2) is 77.9 Å². The van der Waals surface area contributed by atoms with E-state index in [0.717, 1.165) is 63.4 Å². The summed E-state index contributed by atoms with van der Waals surface area (Å²) in [7, 11) is 0. The third-order valence-electron chi connectivity index (χ3n) is 8.52. The number of hydrogen-bond donors (Lipinski definition) is 2. The molecule has 0 bridgehead atoms. The number of nitrogens with one attached hydrogen (secondary N) is 2. The molecule has 2 atom stereocenters. The lowest BCUT2D eigenvalue weighted by Gasteiger charge is -2.41. The van der Waals surface area contributed by atoms with Crippen molar-refractivity contribution in [3.05, 3.63) is 106 Å². The topological polar surface area (TPSA) is 67.9 Å². The van der Waals surface area contributed by atoms with Crippen LogP contribution in [0.4, 0.5) is 14.5 Å². The van der Waals surface area contributed by atoms with Crippen molar-refractivity contribution >= 4 is 35.2 Å². The van der Waals surface area contributed by atoms with Crippen molar-refractivity contribution < 1.29 is 18.4 Å². The molecule has 7 nitrogen and oxygen atoms in total. The lowest BCUT2D eigenvalue weighted by Crippen LogP contribution is -2.54. The summed E-state index contributed by atoms with van der Waals surface area (Å²) < 4.78 is 25.9. The Kier molecular flexibility index (Phi) is 13.9. The van der Waals surface area contributed by atoms with Crippen molar-refractivity contribution in [1.82, 2.24) is 20.0 Å². The van der Waals surface area contributed by atoms with Crippen LogP contribution in [0.2, 0.25) is 5.02 Å². The molecule has 0 unspecified atom stereocenters. The number of nitrogens with zero attached hydrogens (tertiary/aromatic N) is 3. The molecular formula is C37H46ClF2N5O2. The SMILES string of the molecule is CC[C@@H]1CN(Cc2ccc(F)cc2)CCN1.CC[C@@H]1CN(Cc2ccc(F)cc2)CCN1C(=O)/C=C/c1ccc(Cl)cc1NC(C)=O. The molecule has 47 heavy (non-hydrogen) atoms. The first-order valence-electron chi connectivity index (χ1n) is 16.4. The number of carbonyl (C=O) groups is 2. The maximum Gasteiger partial charge on any atom is 0.246 e. The van der Waals surface area contributed by atoms with Crippen LogP contribution in [0, 0.1) is 11.6 Å². The zero-order chi connectivity index (χ0) is 33.8. The summed E-state index contributed by atoms with van der Waals surface area (Å²) in [4.78, 5) is 31.0. The molecule has 2 saturated heterocycles. The third kappa shape index (κ3) is 11.5. The maximum atomic E-state index is 13.1. The lowest BCUT2D eigenvalue weighted by molar-refractivity contribution is -0.131. The molecule has 2 amide bonds. The van der Waals surface area contributed by atoms with Crippen LogP contribution in [0.5, 0.6) is 0 Å². The predicted molar refractivity (Wildman–Crippen MR) is 186 cm³/mol. The Bertz CT molecular complexity index is 1490. The van der Waals surface area contributed by atoms with E-state index in [4.69, 9.17) is 11.6 Å². The first-order valence-corrected chi connectivity index (χ1v) is 16.7. The Morgan fingerprint density at radius 2 is 1.49 bits per heavy atom. The van der Waals surface area contributed by atoms with Gasteiger partial charge in [-0.15, -0.1) is 0 Å². The summed E-state index contributed by atoms with van der Waals surface area (Å²) in [5, 5.41) is 6.74. The second kappa shape index (κ2) is 18.1. The first-order chi connectivity index (χ1) is 22.6. The molecule has 5 rings (SSSR count). The van der Waals surface area contributed by atoms with Gasteiger partial charge in [0.2, 0.25) is 11.8 Å². The molecule has 0 aromatic heterocycles. The maximum absolute atomic E-state index is 13.1. The highest BCUT2D eigenvalue weighted by Gasteiger charge is 2.28. The lowest BCUT2D eigenvalue weighted by atomic mass is 10.1. The van der Waals surface area contributed by atoms with Gasteiger partial charge in [-0.25, -0.2) is 8.78 Å². The Balaban J connectivity index is 0.000000261. The number of piperazine rings is 2. The third-order valence-corrected chi connectivity index (χ3v) is 8.76. The van der Waals surface area contributed by atoms with Gasteiger partial charge in [0.25, 0.3) is 0 Å². The number of halogens is 3. The highest BCUT2D eigenvalue weighted by molar-refractivity contribution is 6.31.